The molecule has 0 bridgehead atoms. The third kappa shape index (κ3) is 14.2. The van der Waals surface area contributed by atoms with Crippen LogP contribution >= 0.6 is 0 Å². The highest BCUT2D eigenvalue weighted by molar-refractivity contribution is 6.38. The van der Waals surface area contributed by atoms with Crippen molar-refractivity contribution in [2.45, 2.75) is 88.8 Å². The number of Topliss-reactive ketones (excluding diaryl/α,β-unsaturated/α-hetero) is 1. The lowest BCUT2D eigenvalue weighted by molar-refractivity contribution is -0.140. The zero-order valence-corrected chi connectivity index (χ0v) is 25.0. The smallest absolute Gasteiger partial charge is 0.289 e. The number of carbonyl (C=O) groups is 4. The van der Waals surface area contributed by atoms with Crippen molar-refractivity contribution in [2.75, 3.05) is 48.4 Å². The number of hydrogen-bond donors (Lipinski definition) is 5. The van der Waals surface area contributed by atoms with Crippen LogP contribution in [0.3, 0.4) is 0 Å². The van der Waals surface area contributed by atoms with Gasteiger partial charge in [-0.3, -0.25) is 19.3 Å². The van der Waals surface area contributed by atoms with Crippen molar-refractivity contribution in [3.05, 3.63) is 12.7 Å². The van der Waals surface area contributed by atoms with E-state index in [1.54, 1.807) is 0 Å². The van der Waals surface area contributed by atoms with Crippen LogP contribution in [0.4, 0.5) is 0 Å². The number of carbonyl (C=O) groups excluding carboxylic acids is 4. The summed E-state index contributed by atoms with van der Waals surface area (Å²) in [5.41, 5.74) is 0. The molecule has 10 heteroatoms. The van der Waals surface area contributed by atoms with Gasteiger partial charge in [-0.05, 0) is 78.7 Å². The maximum atomic E-state index is 12.4. The predicted octanol–water partition coefficient (Wildman–Crippen LogP) is 1.42. The zero-order chi connectivity index (χ0) is 29.6. The summed E-state index contributed by atoms with van der Waals surface area (Å²) in [5, 5.41) is 18.1. The van der Waals surface area contributed by atoms with Gasteiger partial charge in [0.15, 0.2) is 0 Å². The van der Waals surface area contributed by atoms with Gasteiger partial charge in [0, 0.05) is 13.7 Å². The molecule has 39 heavy (non-hydrogen) atoms. The minimum Gasteiger partial charge on any atom is -0.400 e. The Hall–Kier alpha value is -2.14. The van der Waals surface area contributed by atoms with E-state index in [2.05, 4.69) is 27.8 Å². The number of nitrogens with zero attached hydrogens (tertiary/aromatic N) is 1. The van der Waals surface area contributed by atoms with E-state index in [-0.39, 0.29) is 24.5 Å². The van der Waals surface area contributed by atoms with E-state index in [0.717, 1.165) is 52.0 Å². The monoisotopic (exact) mass is 553 g/mol. The lowest BCUT2D eigenvalue weighted by atomic mass is 9.80. The first-order valence-electron chi connectivity index (χ1n) is 14.4. The first-order valence-corrected chi connectivity index (χ1v) is 14.4. The number of rotatable bonds is 11. The number of aldehydes is 1. The van der Waals surface area contributed by atoms with Crippen LogP contribution in [0.15, 0.2) is 12.7 Å². The summed E-state index contributed by atoms with van der Waals surface area (Å²) >= 11 is 0. The fourth-order valence-electron chi connectivity index (χ4n) is 5.12. The number of amides is 2. The number of likely N-dealkylation sites (tertiary alicyclic amines) is 1. The molecule has 1 heterocycles. The Labute approximate surface area is 236 Å². The van der Waals surface area contributed by atoms with Gasteiger partial charge >= 0.3 is 0 Å². The Morgan fingerprint density at radius 3 is 2.03 bits per heavy atom. The van der Waals surface area contributed by atoms with Crippen molar-refractivity contribution < 1.29 is 24.3 Å². The molecule has 1 aliphatic heterocycles. The lowest BCUT2D eigenvalue weighted by Crippen LogP contribution is -2.52. The molecule has 10 nitrogen and oxygen atoms in total. The van der Waals surface area contributed by atoms with Gasteiger partial charge < -0.3 is 31.2 Å². The van der Waals surface area contributed by atoms with E-state index in [1.165, 1.54) is 38.2 Å². The maximum absolute atomic E-state index is 12.4. The number of hydrogen-bond acceptors (Lipinski definition) is 8. The van der Waals surface area contributed by atoms with Crippen LogP contribution in [0, 0.1) is 11.8 Å². The van der Waals surface area contributed by atoms with Crippen LogP contribution < -0.4 is 21.3 Å². The summed E-state index contributed by atoms with van der Waals surface area (Å²) in [5.74, 6) is -0.301. The molecule has 3 unspecified atom stereocenters. The van der Waals surface area contributed by atoms with Gasteiger partial charge in [-0.2, -0.15) is 0 Å². The maximum Gasteiger partial charge on any atom is 0.289 e. The Kier molecular flexibility index (Phi) is 21.4. The van der Waals surface area contributed by atoms with Crippen molar-refractivity contribution in [3.8, 4) is 0 Å². The van der Waals surface area contributed by atoms with Crippen LogP contribution in [0.2, 0.25) is 0 Å². The fraction of sp³-hybridized carbons (Fsp3) is 0.793. The number of ketones is 1. The third-order valence-corrected chi connectivity index (χ3v) is 7.52. The van der Waals surface area contributed by atoms with Crippen molar-refractivity contribution in [3.63, 3.8) is 0 Å². The summed E-state index contributed by atoms with van der Waals surface area (Å²) in [6, 6.07) is -0.801. The highest BCUT2D eigenvalue weighted by atomic mass is 16.2. The molecule has 2 aliphatic carbocycles. The number of likely N-dealkylation sites (N-methyl/N-ethyl adjacent to an activating group) is 2. The lowest BCUT2D eigenvalue weighted by Gasteiger charge is -2.30. The van der Waals surface area contributed by atoms with Gasteiger partial charge in [0.2, 0.25) is 11.7 Å². The molecule has 0 radical (unpaired) electrons. The Morgan fingerprint density at radius 1 is 0.974 bits per heavy atom. The minimum atomic E-state index is -0.716. The molecule has 2 saturated carbocycles. The van der Waals surface area contributed by atoms with Crippen molar-refractivity contribution in [1.29, 1.82) is 0 Å². The Morgan fingerprint density at radius 2 is 1.59 bits per heavy atom. The van der Waals surface area contributed by atoms with E-state index >= 15 is 0 Å². The summed E-state index contributed by atoms with van der Waals surface area (Å²) < 4.78 is 0. The molecule has 0 spiro atoms. The minimum absolute atomic E-state index is 0.107. The van der Waals surface area contributed by atoms with E-state index < -0.39 is 17.7 Å². The molecule has 2 amide bonds. The molecule has 5 N–H and O–H groups in total. The van der Waals surface area contributed by atoms with Crippen molar-refractivity contribution in [1.82, 2.24) is 26.2 Å². The summed E-state index contributed by atoms with van der Waals surface area (Å²) in [6.07, 6.45) is 14.6. The van der Waals surface area contributed by atoms with Gasteiger partial charge in [-0.15, -0.1) is 6.58 Å². The second-order valence-electron chi connectivity index (χ2n) is 10.4. The highest BCUT2D eigenvalue weighted by Gasteiger charge is 2.35. The first kappa shape index (κ1) is 36.9. The molecular weight excluding hydrogens is 498 g/mol. The Bertz CT molecular complexity index is 710. The van der Waals surface area contributed by atoms with Crippen molar-refractivity contribution in [2.24, 2.45) is 11.8 Å². The van der Waals surface area contributed by atoms with E-state index in [9.17, 15) is 19.2 Å². The molecule has 226 valence electrons. The van der Waals surface area contributed by atoms with Crippen LogP contribution in [-0.4, -0.2) is 100 Å². The van der Waals surface area contributed by atoms with Gasteiger partial charge in [0.25, 0.3) is 5.91 Å². The normalized spacial score (nSPS) is 20.6. The zero-order valence-electron chi connectivity index (χ0n) is 25.0. The molecule has 0 aromatic carbocycles. The molecule has 1 saturated heterocycles. The molecular formula is C29H55N5O5. The van der Waals surface area contributed by atoms with Gasteiger partial charge in [0.1, 0.15) is 6.29 Å². The molecule has 3 rings (SSSR count). The fourth-order valence-corrected chi connectivity index (χ4v) is 5.12. The van der Waals surface area contributed by atoms with Gasteiger partial charge in [-0.25, -0.2) is 0 Å². The molecule has 0 aromatic rings. The molecule has 3 atom stereocenters. The first-order chi connectivity index (χ1) is 18.8. The van der Waals surface area contributed by atoms with Crippen molar-refractivity contribution >= 4 is 23.9 Å². The highest BCUT2D eigenvalue weighted by Crippen LogP contribution is 2.31. The van der Waals surface area contributed by atoms with Crippen LogP contribution in [-0.2, 0) is 19.2 Å². The average molecular weight is 554 g/mol. The van der Waals surface area contributed by atoms with E-state index in [4.69, 9.17) is 5.11 Å². The standard InChI is InChI=1S/C17H27N3O3.C9H17NO.C2H7N.CH4O/c1-3-9-18-17(23)15(21)13(11-12-6-4-7-12)19-16(22)14-8-5-10-20(14)2;1-10-9(7-11)8-5-3-2-4-6-8;1-3-2;1-2/h3,12-14H,1,4-11H2,2H3,(H,18,23)(H,19,22);7-10H,2-6H2,1H3;3H,1-2H3;2H,1H3. The third-order valence-electron chi connectivity index (χ3n) is 7.52. The Balaban J connectivity index is 0.000000751. The second-order valence-corrected chi connectivity index (χ2v) is 10.4. The largest absolute Gasteiger partial charge is 0.400 e. The average Bonchev–Trinajstić information content (AvgIpc) is 3.37. The number of nitrogens with one attached hydrogen (secondary N) is 4. The quantitative estimate of drug-likeness (QED) is 0.147. The number of aliphatic hydroxyl groups is 1. The molecule has 0 aromatic heterocycles. The summed E-state index contributed by atoms with van der Waals surface area (Å²) in [6.45, 7) is 4.65. The van der Waals surface area contributed by atoms with Crippen LogP contribution in [0.1, 0.15) is 70.6 Å². The van der Waals surface area contributed by atoms with Gasteiger partial charge in [0.05, 0.1) is 18.1 Å². The van der Waals surface area contributed by atoms with E-state index in [0.29, 0.717) is 18.3 Å². The molecule has 3 aliphatic rings. The topological polar surface area (TPSA) is 140 Å². The van der Waals surface area contributed by atoms with Crippen LogP contribution in [0.5, 0.6) is 0 Å². The van der Waals surface area contributed by atoms with Gasteiger partial charge in [-0.1, -0.05) is 44.6 Å². The summed E-state index contributed by atoms with van der Waals surface area (Å²) in [7, 11) is 8.53. The second kappa shape index (κ2) is 22.7. The number of aliphatic hydroxyl groups excluding tert-OH is 1. The SMILES string of the molecule is C=CCNC(=O)C(=O)C(CC1CCC1)NC(=O)C1CCCN1C.CNC.CNC(C=O)C1CCCCC1.CO. The molecule has 3 fully saturated rings. The van der Waals surface area contributed by atoms with Crippen LogP contribution in [0.25, 0.3) is 0 Å². The van der Waals surface area contributed by atoms with E-state index in [1.807, 2.05) is 33.1 Å². The summed E-state index contributed by atoms with van der Waals surface area (Å²) in [4.78, 5) is 49.3. The predicted molar refractivity (Wildman–Crippen MR) is 156 cm³/mol.